The van der Waals surface area contributed by atoms with Gasteiger partial charge in [0.25, 0.3) is 0 Å². The molecule has 160 valence electrons. The summed E-state index contributed by atoms with van der Waals surface area (Å²) in [5.41, 5.74) is 3.87. The van der Waals surface area contributed by atoms with Gasteiger partial charge in [-0.05, 0) is 50.6 Å². The summed E-state index contributed by atoms with van der Waals surface area (Å²) in [6, 6.07) is 10.5. The number of fused-ring (bicyclic) bond motifs is 1. The van der Waals surface area contributed by atoms with Crippen molar-refractivity contribution < 1.29 is 17.9 Å². The molecule has 0 aliphatic heterocycles. The summed E-state index contributed by atoms with van der Waals surface area (Å²) in [7, 11) is -0.569. The lowest BCUT2D eigenvalue weighted by Crippen LogP contribution is -2.22. The average Bonchev–Trinajstić information content (AvgIpc) is 3.02. The standard InChI is InChI=1S/C22H27N3O4S/c1-6-9-25-20-8-7-18(30(27,28)24(4)5)13-19(20)23-21(25)14-29-22(26)17-11-15(2)10-16(3)12-17/h7-8,10-13H,6,9,14H2,1-5H3. The highest BCUT2D eigenvalue weighted by Crippen LogP contribution is 2.23. The van der Waals surface area contributed by atoms with Gasteiger partial charge >= 0.3 is 5.97 Å². The highest BCUT2D eigenvalue weighted by atomic mass is 32.2. The van der Waals surface area contributed by atoms with E-state index in [1.807, 2.05) is 31.4 Å². The van der Waals surface area contributed by atoms with Gasteiger partial charge in [-0.3, -0.25) is 0 Å². The van der Waals surface area contributed by atoms with Crippen molar-refractivity contribution in [1.29, 1.82) is 0 Å². The fraction of sp³-hybridized carbons (Fsp3) is 0.364. The van der Waals surface area contributed by atoms with Gasteiger partial charge in [0.1, 0.15) is 12.4 Å². The molecule has 0 spiro atoms. The van der Waals surface area contributed by atoms with Crippen molar-refractivity contribution in [2.75, 3.05) is 14.1 Å². The van der Waals surface area contributed by atoms with Crippen molar-refractivity contribution in [2.45, 2.75) is 45.2 Å². The molecule has 8 heteroatoms. The fourth-order valence-electron chi connectivity index (χ4n) is 3.42. The van der Waals surface area contributed by atoms with Gasteiger partial charge in [0.15, 0.2) is 0 Å². The van der Waals surface area contributed by atoms with Gasteiger partial charge in [-0.1, -0.05) is 24.1 Å². The number of hydrogen-bond donors (Lipinski definition) is 0. The molecule has 0 fully saturated rings. The number of esters is 1. The highest BCUT2D eigenvalue weighted by molar-refractivity contribution is 7.89. The van der Waals surface area contributed by atoms with Crippen molar-refractivity contribution in [3.63, 3.8) is 0 Å². The first-order chi connectivity index (χ1) is 14.1. The molecule has 0 unspecified atom stereocenters. The monoisotopic (exact) mass is 429 g/mol. The van der Waals surface area contributed by atoms with E-state index in [4.69, 9.17) is 4.74 Å². The molecule has 0 bridgehead atoms. The molecule has 0 saturated heterocycles. The molecule has 0 atom stereocenters. The van der Waals surface area contributed by atoms with Crippen molar-refractivity contribution in [3.05, 3.63) is 58.9 Å². The van der Waals surface area contributed by atoms with Crippen LogP contribution in [0.15, 0.2) is 41.3 Å². The largest absolute Gasteiger partial charge is 0.454 e. The van der Waals surface area contributed by atoms with E-state index < -0.39 is 16.0 Å². The summed E-state index contributed by atoms with van der Waals surface area (Å²) in [6.07, 6.45) is 0.862. The molecule has 1 heterocycles. The van der Waals surface area contributed by atoms with Crippen LogP contribution in [0, 0.1) is 13.8 Å². The predicted octanol–water partition coefficient (Wildman–Crippen LogP) is 3.67. The third kappa shape index (κ3) is 4.39. The molecule has 0 saturated carbocycles. The number of nitrogens with zero attached hydrogens (tertiary/aromatic N) is 3. The number of ether oxygens (including phenoxy) is 1. The number of carbonyl (C=O) groups is 1. The Kier molecular flexibility index (Phi) is 6.28. The maximum Gasteiger partial charge on any atom is 0.338 e. The Morgan fingerprint density at radius 2 is 1.77 bits per heavy atom. The van der Waals surface area contributed by atoms with E-state index >= 15 is 0 Å². The Balaban J connectivity index is 1.92. The Morgan fingerprint density at radius 1 is 1.10 bits per heavy atom. The van der Waals surface area contributed by atoms with Gasteiger partial charge < -0.3 is 9.30 Å². The minimum Gasteiger partial charge on any atom is -0.454 e. The number of hydrogen-bond acceptors (Lipinski definition) is 5. The van der Waals surface area contributed by atoms with Crippen molar-refractivity contribution in [1.82, 2.24) is 13.9 Å². The van der Waals surface area contributed by atoms with Crippen molar-refractivity contribution in [3.8, 4) is 0 Å². The Morgan fingerprint density at radius 3 is 2.37 bits per heavy atom. The summed E-state index contributed by atoms with van der Waals surface area (Å²) >= 11 is 0. The molecule has 2 aromatic carbocycles. The molecular formula is C22H27N3O4S. The molecular weight excluding hydrogens is 402 g/mol. The van der Waals surface area contributed by atoms with Crippen LogP contribution in [-0.2, 0) is 27.9 Å². The van der Waals surface area contributed by atoms with Crippen LogP contribution >= 0.6 is 0 Å². The summed E-state index contributed by atoms with van der Waals surface area (Å²) in [6.45, 7) is 6.61. The lowest BCUT2D eigenvalue weighted by atomic mass is 10.1. The van der Waals surface area contributed by atoms with Gasteiger partial charge in [0.2, 0.25) is 10.0 Å². The zero-order valence-corrected chi connectivity index (χ0v) is 18.8. The van der Waals surface area contributed by atoms with E-state index in [-0.39, 0.29) is 11.5 Å². The molecule has 1 aromatic heterocycles. The van der Waals surface area contributed by atoms with Crippen LogP contribution in [0.1, 0.15) is 40.7 Å². The van der Waals surface area contributed by atoms with Crippen molar-refractivity contribution in [2.24, 2.45) is 0 Å². The summed E-state index contributed by atoms with van der Waals surface area (Å²) in [5.74, 6) is 0.178. The maximum absolute atomic E-state index is 12.5. The van der Waals surface area contributed by atoms with Crippen LogP contribution in [0.5, 0.6) is 0 Å². The van der Waals surface area contributed by atoms with Crippen LogP contribution in [0.2, 0.25) is 0 Å². The highest BCUT2D eigenvalue weighted by Gasteiger charge is 2.20. The molecule has 0 radical (unpaired) electrons. The van der Waals surface area contributed by atoms with E-state index in [1.54, 1.807) is 30.3 Å². The van der Waals surface area contributed by atoms with Crippen LogP contribution in [-0.4, -0.2) is 42.3 Å². The quantitative estimate of drug-likeness (QED) is 0.535. The second-order valence-electron chi connectivity index (χ2n) is 7.57. The molecule has 0 N–H and O–H groups in total. The van der Waals surface area contributed by atoms with E-state index in [9.17, 15) is 13.2 Å². The first kappa shape index (κ1) is 22.0. The molecule has 0 aliphatic carbocycles. The first-order valence-electron chi connectivity index (χ1n) is 9.80. The van der Waals surface area contributed by atoms with Crippen LogP contribution in [0.3, 0.4) is 0 Å². The molecule has 30 heavy (non-hydrogen) atoms. The lowest BCUT2D eigenvalue weighted by Gasteiger charge is -2.11. The van der Waals surface area contributed by atoms with Gasteiger partial charge in [0, 0.05) is 20.6 Å². The SMILES string of the molecule is CCCn1c(COC(=O)c2cc(C)cc(C)c2)nc2cc(S(=O)(=O)N(C)C)ccc21. The number of rotatable bonds is 7. The zero-order valence-electron chi connectivity index (χ0n) is 18.0. The number of imidazole rings is 1. The molecule has 0 amide bonds. The summed E-state index contributed by atoms with van der Waals surface area (Å²) < 4.78 is 33.6. The Labute approximate surface area is 177 Å². The smallest absolute Gasteiger partial charge is 0.338 e. The normalized spacial score (nSPS) is 11.9. The molecule has 3 rings (SSSR count). The van der Waals surface area contributed by atoms with E-state index in [2.05, 4.69) is 4.98 Å². The predicted molar refractivity (Wildman–Crippen MR) is 116 cm³/mol. The van der Waals surface area contributed by atoms with Gasteiger partial charge in [-0.2, -0.15) is 0 Å². The van der Waals surface area contributed by atoms with Crippen molar-refractivity contribution >= 4 is 27.0 Å². The van der Waals surface area contributed by atoms with Gasteiger partial charge in [-0.15, -0.1) is 0 Å². The van der Waals surface area contributed by atoms with E-state index in [0.717, 1.165) is 23.1 Å². The minimum atomic E-state index is -3.56. The molecule has 0 aliphatic rings. The van der Waals surface area contributed by atoms with E-state index in [0.29, 0.717) is 23.4 Å². The van der Waals surface area contributed by atoms with Gasteiger partial charge in [0.05, 0.1) is 21.5 Å². The molecule has 3 aromatic rings. The third-order valence-corrected chi connectivity index (χ3v) is 6.63. The number of benzene rings is 2. The lowest BCUT2D eigenvalue weighted by molar-refractivity contribution is 0.0458. The second-order valence-corrected chi connectivity index (χ2v) is 9.72. The maximum atomic E-state index is 12.5. The zero-order chi connectivity index (χ0) is 22.1. The average molecular weight is 430 g/mol. The Hall–Kier alpha value is -2.71. The number of sulfonamides is 1. The first-order valence-corrected chi connectivity index (χ1v) is 11.2. The third-order valence-electron chi connectivity index (χ3n) is 4.81. The molecule has 7 nitrogen and oxygen atoms in total. The number of aryl methyl sites for hydroxylation is 3. The van der Waals surface area contributed by atoms with E-state index in [1.165, 1.54) is 18.4 Å². The topological polar surface area (TPSA) is 81.5 Å². The summed E-state index contributed by atoms with van der Waals surface area (Å²) in [4.78, 5) is 17.3. The van der Waals surface area contributed by atoms with Crippen LogP contribution < -0.4 is 0 Å². The minimum absolute atomic E-state index is 0.0102. The fourth-order valence-corrected chi connectivity index (χ4v) is 4.34. The number of carbonyl (C=O) groups excluding carboxylic acids is 1. The number of aromatic nitrogens is 2. The summed E-state index contributed by atoms with van der Waals surface area (Å²) in [5, 5.41) is 0. The van der Waals surface area contributed by atoms with Crippen LogP contribution in [0.25, 0.3) is 11.0 Å². The Bertz CT molecular complexity index is 1180. The van der Waals surface area contributed by atoms with Crippen LogP contribution in [0.4, 0.5) is 0 Å². The van der Waals surface area contributed by atoms with Gasteiger partial charge in [-0.25, -0.2) is 22.5 Å². The second kappa shape index (κ2) is 8.57.